The lowest BCUT2D eigenvalue weighted by Crippen LogP contribution is -2.06. The van der Waals surface area contributed by atoms with Gasteiger partial charge in [0.05, 0.1) is 12.7 Å². The first-order valence-corrected chi connectivity index (χ1v) is 5.71. The van der Waals surface area contributed by atoms with Gasteiger partial charge >= 0.3 is 5.97 Å². The predicted octanol–water partition coefficient (Wildman–Crippen LogP) is 2.62. The number of pyridine rings is 1. The van der Waals surface area contributed by atoms with Gasteiger partial charge in [0.1, 0.15) is 5.82 Å². The van der Waals surface area contributed by atoms with E-state index in [1.807, 2.05) is 12.1 Å². The number of hydrogen-bond acceptors (Lipinski definition) is 4. The number of carbonyl (C=O) groups is 1. The van der Waals surface area contributed by atoms with Crippen LogP contribution in [0.1, 0.15) is 15.9 Å². The number of ether oxygens (including phenoxy) is 1. The average molecular weight is 260 g/mol. The molecule has 2 aromatic rings. The second-order valence-electron chi connectivity index (χ2n) is 3.90. The summed E-state index contributed by atoms with van der Waals surface area (Å²) in [4.78, 5) is 15.3. The van der Waals surface area contributed by atoms with Crippen molar-refractivity contribution in [2.45, 2.75) is 6.54 Å². The van der Waals surface area contributed by atoms with E-state index in [1.165, 1.54) is 19.2 Å². The summed E-state index contributed by atoms with van der Waals surface area (Å²) < 4.78 is 18.0. The highest BCUT2D eigenvalue weighted by Gasteiger charge is 2.12. The van der Waals surface area contributed by atoms with Gasteiger partial charge in [0.2, 0.25) is 0 Å². The van der Waals surface area contributed by atoms with Crippen molar-refractivity contribution in [2.75, 3.05) is 12.4 Å². The van der Waals surface area contributed by atoms with E-state index >= 15 is 0 Å². The fraction of sp³-hybridized carbons (Fsp3) is 0.143. The third-order valence-corrected chi connectivity index (χ3v) is 2.62. The molecule has 4 nitrogen and oxygen atoms in total. The minimum Gasteiger partial charge on any atom is -0.465 e. The molecule has 1 aromatic carbocycles. The Balaban J connectivity index is 2.11. The van der Waals surface area contributed by atoms with Crippen LogP contribution in [-0.2, 0) is 11.3 Å². The minimum absolute atomic E-state index is 0.0813. The van der Waals surface area contributed by atoms with E-state index < -0.39 is 11.8 Å². The van der Waals surface area contributed by atoms with Crippen LogP contribution in [0.4, 0.5) is 10.1 Å². The SMILES string of the molecule is COC(=O)c1cc(NCc2ccncc2)ccc1F. The molecule has 19 heavy (non-hydrogen) atoms. The predicted molar refractivity (Wildman–Crippen MR) is 69.3 cm³/mol. The van der Waals surface area contributed by atoms with Gasteiger partial charge in [0.25, 0.3) is 0 Å². The fourth-order valence-corrected chi connectivity index (χ4v) is 1.61. The van der Waals surface area contributed by atoms with Gasteiger partial charge in [-0.3, -0.25) is 4.98 Å². The van der Waals surface area contributed by atoms with Crippen molar-refractivity contribution in [3.63, 3.8) is 0 Å². The lowest BCUT2D eigenvalue weighted by atomic mass is 10.2. The van der Waals surface area contributed by atoms with Crippen LogP contribution >= 0.6 is 0 Å². The average Bonchev–Trinajstić information content (AvgIpc) is 2.46. The van der Waals surface area contributed by atoms with Crippen molar-refractivity contribution in [1.29, 1.82) is 0 Å². The maximum absolute atomic E-state index is 13.4. The Morgan fingerprint density at radius 1 is 1.32 bits per heavy atom. The fourth-order valence-electron chi connectivity index (χ4n) is 1.61. The molecule has 98 valence electrons. The topological polar surface area (TPSA) is 51.2 Å². The van der Waals surface area contributed by atoms with Gasteiger partial charge in [-0.15, -0.1) is 0 Å². The van der Waals surface area contributed by atoms with E-state index in [-0.39, 0.29) is 5.56 Å². The third kappa shape index (κ3) is 3.28. The van der Waals surface area contributed by atoms with Gasteiger partial charge in [-0.05, 0) is 35.9 Å². The number of anilines is 1. The molecule has 1 aromatic heterocycles. The van der Waals surface area contributed by atoms with Gasteiger partial charge in [-0.1, -0.05) is 0 Å². The number of nitrogens with one attached hydrogen (secondary N) is 1. The Bertz CT molecular complexity index is 573. The Hall–Kier alpha value is -2.43. The third-order valence-electron chi connectivity index (χ3n) is 2.62. The molecule has 0 saturated carbocycles. The van der Waals surface area contributed by atoms with E-state index in [0.29, 0.717) is 12.2 Å². The molecule has 0 fully saturated rings. The Morgan fingerprint density at radius 3 is 2.74 bits per heavy atom. The molecule has 0 amide bonds. The summed E-state index contributed by atoms with van der Waals surface area (Å²) in [6, 6.07) is 7.99. The standard InChI is InChI=1S/C14H13FN2O2/c1-19-14(18)12-8-11(2-3-13(12)15)17-9-10-4-6-16-7-5-10/h2-8,17H,9H2,1H3. The van der Waals surface area contributed by atoms with Crippen LogP contribution in [-0.4, -0.2) is 18.1 Å². The Labute approximate surface area is 110 Å². The van der Waals surface area contributed by atoms with Crippen molar-refractivity contribution in [1.82, 2.24) is 4.98 Å². The zero-order chi connectivity index (χ0) is 13.7. The lowest BCUT2D eigenvalue weighted by Gasteiger charge is -2.08. The zero-order valence-corrected chi connectivity index (χ0v) is 10.4. The summed E-state index contributed by atoms with van der Waals surface area (Å²) in [5.74, 6) is -1.29. The first-order valence-electron chi connectivity index (χ1n) is 5.71. The van der Waals surface area contributed by atoms with E-state index in [0.717, 1.165) is 5.56 Å². The summed E-state index contributed by atoms with van der Waals surface area (Å²) in [6.45, 7) is 0.564. The van der Waals surface area contributed by atoms with Crippen LogP contribution in [0.2, 0.25) is 0 Å². The van der Waals surface area contributed by atoms with E-state index in [9.17, 15) is 9.18 Å². The number of rotatable bonds is 4. The first-order chi connectivity index (χ1) is 9.20. The molecule has 0 saturated heterocycles. The van der Waals surface area contributed by atoms with Gasteiger partial charge in [0, 0.05) is 24.6 Å². The minimum atomic E-state index is -0.690. The van der Waals surface area contributed by atoms with E-state index in [1.54, 1.807) is 18.5 Å². The van der Waals surface area contributed by atoms with Gasteiger partial charge in [0.15, 0.2) is 0 Å². The second-order valence-corrected chi connectivity index (χ2v) is 3.90. The molecule has 1 N–H and O–H groups in total. The van der Waals surface area contributed by atoms with Crippen molar-refractivity contribution >= 4 is 11.7 Å². The van der Waals surface area contributed by atoms with Crippen LogP contribution < -0.4 is 5.32 Å². The molecule has 0 bridgehead atoms. The largest absolute Gasteiger partial charge is 0.465 e. The molecule has 0 unspecified atom stereocenters. The highest BCUT2D eigenvalue weighted by molar-refractivity contribution is 5.90. The zero-order valence-electron chi connectivity index (χ0n) is 10.4. The number of halogens is 1. The van der Waals surface area contributed by atoms with Crippen molar-refractivity contribution in [3.05, 3.63) is 59.7 Å². The monoisotopic (exact) mass is 260 g/mol. The molecule has 0 aliphatic carbocycles. The van der Waals surface area contributed by atoms with Gasteiger partial charge < -0.3 is 10.1 Å². The number of benzene rings is 1. The number of nitrogens with zero attached hydrogens (tertiary/aromatic N) is 1. The van der Waals surface area contributed by atoms with Crippen LogP contribution in [0.15, 0.2) is 42.7 Å². The number of esters is 1. The molecule has 0 aliphatic rings. The summed E-state index contributed by atoms with van der Waals surface area (Å²) >= 11 is 0. The number of aromatic nitrogens is 1. The quantitative estimate of drug-likeness (QED) is 0.858. The van der Waals surface area contributed by atoms with Crippen LogP contribution in [0.5, 0.6) is 0 Å². The summed E-state index contributed by atoms with van der Waals surface area (Å²) in [5, 5.41) is 3.11. The molecule has 5 heteroatoms. The van der Waals surface area contributed by atoms with Crippen LogP contribution in [0, 0.1) is 5.82 Å². The number of methoxy groups -OCH3 is 1. The van der Waals surface area contributed by atoms with Crippen LogP contribution in [0.3, 0.4) is 0 Å². The smallest absolute Gasteiger partial charge is 0.340 e. The Morgan fingerprint density at radius 2 is 2.05 bits per heavy atom. The highest BCUT2D eigenvalue weighted by atomic mass is 19.1. The van der Waals surface area contributed by atoms with E-state index in [2.05, 4.69) is 15.0 Å². The van der Waals surface area contributed by atoms with Gasteiger partial charge in [-0.25, -0.2) is 9.18 Å². The first kappa shape index (κ1) is 13.0. The Kier molecular flexibility index (Phi) is 4.07. The number of carbonyl (C=O) groups excluding carboxylic acids is 1. The van der Waals surface area contributed by atoms with Crippen LogP contribution in [0.25, 0.3) is 0 Å². The normalized spacial score (nSPS) is 10.0. The molecular formula is C14H13FN2O2. The summed E-state index contributed by atoms with van der Waals surface area (Å²) in [6.07, 6.45) is 3.39. The molecule has 0 aliphatic heterocycles. The molecular weight excluding hydrogens is 247 g/mol. The molecule has 0 atom stereocenters. The maximum Gasteiger partial charge on any atom is 0.340 e. The molecule has 1 heterocycles. The molecule has 0 radical (unpaired) electrons. The van der Waals surface area contributed by atoms with E-state index in [4.69, 9.17) is 0 Å². The van der Waals surface area contributed by atoms with Crippen molar-refractivity contribution < 1.29 is 13.9 Å². The summed E-state index contributed by atoms with van der Waals surface area (Å²) in [5.41, 5.74) is 1.61. The molecule has 0 spiro atoms. The van der Waals surface area contributed by atoms with Gasteiger partial charge in [-0.2, -0.15) is 0 Å². The number of hydrogen-bond donors (Lipinski definition) is 1. The van der Waals surface area contributed by atoms with Crippen molar-refractivity contribution in [2.24, 2.45) is 0 Å². The maximum atomic E-state index is 13.4. The lowest BCUT2D eigenvalue weighted by molar-refractivity contribution is 0.0595. The highest BCUT2D eigenvalue weighted by Crippen LogP contribution is 2.16. The van der Waals surface area contributed by atoms with Crippen molar-refractivity contribution in [3.8, 4) is 0 Å². The molecule has 2 rings (SSSR count). The summed E-state index contributed by atoms with van der Waals surface area (Å²) in [7, 11) is 1.22. The second kappa shape index (κ2) is 5.95.